The van der Waals surface area contributed by atoms with Crippen LogP contribution in [0.1, 0.15) is 49.1 Å². The third-order valence-corrected chi connectivity index (χ3v) is 6.47. The van der Waals surface area contributed by atoms with Crippen molar-refractivity contribution in [3.05, 3.63) is 15.4 Å². The summed E-state index contributed by atoms with van der Waals surface area (Å²) in [5.74, 6) is 8.97. The van der Waals surface area contributed by atoms with E-state index in [1.165, 1.54) is 49.1 Å². The fourth-order valence-electron chi connectivity index (χ4n) is 5.54. The van der Waals surface area contributed by atoms with Gasteiger partial charge in [-0.05, 0) is 63.2 Å². The molecule has 19 heavy (non-hydrogen) atoms. The second-order valence-electron chi connectivity index (χ2n) is 6.88. The van der Waals surface area contributed by atoms with E-state index in [4.69, 9.17) is 11.3 Å². The highest BCUT2D eigenvalue weighted by molar-refractivity contribution is 7.09. The molecule has 0 aromatic carbocycles. The summed E-state index contributed by atoms with van der Waals surface area (Å²) in [6, 6.07) is 0. The molecular weight excluding hydrogens is 322 g/mol. The lowest BCUT2D eigenvalue weighted by Crippen LogP contribution is -3.00. The molecule has 0 unspecified atom stereocenters. The van der Waals surface area contributed by atoms with Crippen LogP contribution in [0.4, 0.5) is 0 Å². The van der Waals surface area contributed by atoms with E-state index >= 15 is 0 Å². The monoisotopic (exact) mass is 342 g/mol. The zero-order valence-electron chi connectivity index (χ0n) is 11.3. The van der Waals surface area contributed by atoms with Gasteiger partial charge in [0.1, 0.15) is 0 Å². The van der Waals surface area contributed by atoms with Gasteiger partial charge in [-0.1, -0.05) is 0 Å². The zero-order valence-corrected chi connectivity index (χ0v) is 13.7. The maximum Gasteiger partial charge on any atom is 0.201 e. The first kappa shape index (κ1) is 13.7. The van der Waals surface area contributed by atoms with Gasteiger partial charge in [0, 0.05) is 10.3 Å². The topological polar surface area (TPSA) is 54.8 Å². The highest BCUT2D eigenvalue weighted by Crippen LogP contribution is 2.61. The number of aromatic nitrogens is 1. The van der Waals surface area contributed by atoms with E-state index < -0.39 is 0 Å². The predicted molar refractivity (Wildman–Crippen MR) is 72.9 cm³/mol. The number of nitrogen functional groups attached to an aromatic ring is 1. The van der Waals surface area contributed by atoms with Gasteiger partial charge >= 0.3 is 0 Å². The molecule has 0 radical (unpaired) electrons. The maximum absolute atomic E-state index is 7.95. The fraction of sp³-hybridized carbons (Fsp3) is 0.786. The van der Waals surface area contributed by atoms with Crippen LogP contribution < -0.4 is 27.6 Å². The Morgan fingerprint density at radius 1 is 1.16 bits per heavy atom. The summed E-state index contributed by atoms with van der Waals surface area (Å²) in [5, 5.41) is 7.95. The molecule has 4 fully saturated rings. The molecule has 4 bridgehead atoms. The van der Waals surface area contributed by atoms with Crippen LogP contribution in [-0.4, -0.2) is 4.68 Å². The Balaban J connectivity index is 0.00000110. The second kappa shape index (κ2) is 4.35. The minimum atomic E-state index is 0. The van der Waals surface area contributed by atoms with E-state index in [0.717, 1.165) is 17.8 Å². The van der Waals surface area contributed by atoms with Crippen molar-refractivity contribution in [3.63, 3.8) is 0 Å². The summed E-state index contributed by atoms with van der Waals surface area (Å²) in [6.07, 6.45) is 8.36. The number of thiazole rings is 1. The number of nitrogens with zero attached hydrogens (tertiary/aromatic N) is 1. The predicted octanol–water partition coefficient (Wildman–Crippen LogP) is -0.477. The van der Waals surface area contributed by atoms with E-state index in [9.17, 15) is 0 Å². The highest BCUT2D eigenvalue weighted by Gasteiger charge is 2.53. The van der Waals surface area contributed by atoms with Crippen LogP contribution in [0.25, 0.3) is 0 Å². The molecule has 4 saturated carbocycles. The first-order valence-electron chi connectivity index (χ1n) is 7.10. The normalized spacial score (nSPS) is 39.3. The van der Waals surface area contributed by atoms with Crippen molar-refractivity contribution in [2.75, 3.05) is 5.84 Å². The SMILES string of the molecule is Cc1sc(=N)n(N)c1C12CC3CC(CC(C3)C1)C2.[Br-]. The molecule has 4 aliphatic rings. The summed E-state index contributed by atoms with van der Waals surface area (Å²) < 4.78 is 1.69. The lowest BCUT2D eigenvalue weighted by atomic mass is 9.48. The van der Waals surface area contributed by atoms with E-state index in [2.05, 4.69) is 6.92 Å². The van der Waals surface area contributed by atoms with Gasteiger partial charge in [-0.2, -0.15) is 0 Å². The number of halogens is 1. The van der Waals surface area contributed by atoms with Gasteiger partial charge in [-0.3, -0.25) is 5.41 Å². The molecule has 0 atom stereocenters. The van der Waals surface area contributed by atoms with Crippen LogP contribution >= 0.6 is 11.3 Å². The van der Waals surface area contributed by atoms with E-state index in [1.54, 1.807) is 16.0 Å². The third kappa shape index (κ3) is 1.84. The number of aryl methyl sites for hydroxylation is 1. The van der Waals surface area contributed by atoms with Crippen molar-refractivity contribution in [2.24, 2.45) is 17.8 Å². The smallest absolute Gasteiger partial charge is 0.201 e. The number of hydrogen-bond donors (Lipinski definition) is 2. The Kier molecular flexibility index (Phi) is 3.13. The Hall–Kier alpha value is -0.290. The molecule has 4 aliphatic carbocycles. The van der Waals surface area contributed by atoms with Crippen LogP contribution in [0.5, 0.6) is 0 Å². The van der Waals surface area contributed by atoms with E-state index in [-0.39, 0.29) is 17.0 Å². The molecule has 5 rings (SSSR count). The van der Waals surface area contributed by atoms with Gasteiger partial charge in [-0.25, -0.2) is 4.68 Å². The van der Waals surface area contributed by atoms with Crippen molar-refractivity contribution in [1.29, 1.82) is 5.41 Å². The summed E-state index contributed by atoms with van der Waals surface area (Å²) in [7, 11) is 0. The van der Waals surface area contributed by atoms with Gasteiger partial charge in [-0.15, -0.1) is 11.3 Å². The molecule has 1 aromatic heterocycles. The molecule has 3 N–H and O–H groups in total. The quantitative estimate of drug-likeness (QED) is 0.665. The standard InChI is InChI=1S/C14H21N3S.BrH/c1-8-12(17(16)13(15)18-8)14-5-9-2-10(6-14)4-11(3-9)7-14;/h9-11,15H,2-7,16H2,1H3;1H/p-1. The molecule has 106 valence electrons. The lowest BCUT2D eigenvalue weighted by Gasteiger charge is -2.56. The Bertz CT molecular complexity index is 524. The first-order valence-corrected chi connectivity index (χ1v) is 7.92. The van der Waals surface area contributed by atoms with Gasteiger partial charge in [0.15, 0.2) is 0 Å². The molecule has 5 heteroatoms. The van der Waals surface area contributed by atoms with Gasteiger partial charge in [0.2, 0.25) is 4.80 Å². The Morgan fingerprint density at radius 3 is 2.00 bits per heavy atom. The minimum Gasteiger partial charge on any atom is -1.00 e. The summed E-state index contributed by atoms with van der Waals surface area (Å²) >= 11 is 1.55. The zero-order chi connectivity index (χ0) is 12.5. The summed E-state index contributed by atoms with van der Waals surface area (Å²) in [5.41, 5.74) is 1.63. The maximum atomic E-state index is 7.95. The van der Waals surface area contributed by atoms with Crippen LogP contribution in [-0.2, 0) is 5.41 Å². The van der Waals surface area contributed by atoms with Gasteiger partial charge in [0.25, 0.3) is 0 Å². The summed E-state index contributed by atoms with van der Waals surface area (Å²) in [6.45, 7) is 2.15. The lowest BCUT2D eigenvalue weighted by molar-refractivity contribution is -0.00855. The minimum absolute atomic E-state index is 0. The number of rotatable bonds is 1. The number of nitrogens with two attached hydrogens (primary N) is 1. The number of hydrogen-bond acceptors (Lipinski definition) is 3. The molecule has 0 amide bonds. The molecule has 3 nitrogen and oxygen atoms in total. The van der Waals surface area contributed by atoms with Crippen molar-refractivity contribution >= 4 is 11.3 Å². The van der Waals surface area contributed by atoms with Crippen molar-refractivity contribution < 1.29 is 17.0 Å². The van der Waals surface area contributed by atoms with E-state index in [1.807, 2.05) is 0 Å². The molecule has 0 spiro atoms. The van der Waals surface area contributed by atoms with Crippen LogP contribution in [0.3, 0.4) is 0 Å². The molecular formula is C14H21BrN3S-. The number of nitrogens with one attached hydrogen (secondary N) is 1. The van der Waals surface area contributed by atoms with E-state index in [0.29, 0.717) is 10.2 Å². The third-order valence-electron chi connectivity index (χ3n) is 5.58. The van der Waals surface area contributed by atoms with Gasteiger partial charge in [0.05, 0.1) is 5.69 Å². The van der Waals surface area contributed by atoms with Crippen molar-refractivity contribution in [2.45, 2.75) is 50.9 Å². The van der Waals surface area contributed by atoms with Crippen molar-refractivity contribution in [3.8, 4) is 0 Å². The highest BCUT2D eigenvalue weighted by atomic mass is 79.9. The van der Waals surface area contributed by atoms with Crippen LogP contribution in [0, 0.1) is 30.1 Å². The van der Waals surface area contributed by atoms with Gasteiger partial charge < -0.3 is 22.8 Å². The molecule has 1 heterocycles. The molecule has 0 saturated heterocycles. The summed E-state index contributed by atoms with van der Waals surface area (Å²) in [4.78, 5) is 1.79. The Labute approximate surface area is 128 Å². The van der Waals surface area contributed by atoms with Crippen LogP contribution in [0.2, 0.25) is 0 Å². The largest absolute Gasteiger partial charge is 1.00 e. The van der Waals surface area contributed by atoms with Crippen molar-refractivity contribution in [1.82, 2.24) is 4.68 Å². The average molecular weight is 343 g/mol. The van der Waals surface area contributed by atoms with Crippen LogP contribution in [0.15, 0.2) is 0 Å². The molecule has 1 aromatic rings. The average Bonchev–Trinajstić information content (AvgIpc) is 2.51. The molecule has 0 aliphatic heterocycles. The fourth-order valence-corrected chi connectivity index (χ4v) is 6.43. The Morgan fingerprint density at radius 2 is 1.63 bits per heavy atom. The second-order valence-corrected chi connectivity index (χ2v) is 8.08. The first-order chi connectivity index (χ1) is 8.57.